The lowest BCUT2D eigenvalue weighted by atomic mass is 10.0. The van der Waals surface area contributed by atoms with Crippen molar-refractivity contribution in [2.24, 2.45) is 0 Å². The van der Waals surface area contributed by atoms with Crippen LogP contribution in [0.3, 0.4) is 0 Å². The third kappa shape index (κ3) is 4.96. The number of carbonyl (C=O) groups excluding carboxylic acids is 2. The van der Waals surface area contributed by atoms with E-state index in [0.29, 0.717) is 35.7 Å². The first-order valence-corrected chi connectivity index (χ1v) is 13.6. The lowest BCUT2D eigenvalue weighted by Gasteiger charge is -2.35. The van der Waals surface area contributed by atoms with Crippen LogP contribution in [0.2, 0.25) is 0 Å². The van der Waals surface area contributed by atoms with Crippen LogP contribution in [0.4, 0.5) is 4.79 Å². The molecule has 0 unspecified atom stereocenters. The lowest BCUT2D eigenvalue weighted by Crippen LogP contribution is -2.50. The predicted octanol–water partition coefficient (Wildman–Crippen LogP) is 5.92. The van der Waals surface area contributed by atoms with Gasteiger partial charge in [-0.25, -0.2) is 9.78 Å². The van der Waals surface area contributed by atoms with E-state index in [4.69, 9.17) is 14.2 Å². The monoisotopic (exact) mass is 516 g/mol. The number of piperidine rings is 1. The number of nitrogens with zero attached hydrogens (tertiary/aromatic N) is 3. The Hall–Kier alpha value is -3.72. The van der Waals surface area contributed by atoms with Crippen molar-refractivity contribution in [3.8, 4) is 16.3 Å². The highest BCUT2D eigenvalue weighted by Gasteiger charge is 2.34. The summed E-state index contributed by atoms with van der Waals surface area (Å²) in [6.07, 6.45) is 4.37. The van der Waals surface area contributed by atoms with E-state index >= 15 is 0 Å². The Morgan fingerprint density at radius 2 is 2.00 bits per heavy atom. The molecular weight excluding hydrogens is 488 g/mol. The fourth-order valence-corrected chi connectivity index (χ4v) is 6.07. The number of likely N-dealkylation sites (tertiary alicyclic amines) is 1. The van der Waals surface area contributed by atoms with Crippen molar-refractivity contribution < 1.29 is 18.8 Å². The normalized spacial score (nSPS) is 17.6. The highest BCUT2D eigenvalue weighted by atomic mass is 32.1. The Balaban J connectivity index is 1.19. The van der Waals surface area contributed by atoms with Gasteiger partial charge in [0.2, 0.25) is 0 Å². The molecule has 37 heavy (non-hydrogen) atoms. The number of ether oxygens (including phenoxy) is 1. The summed E-state index contributed by atoms with van der Waals surface area (Å²) in [6.45, 7) is 2.98. The van der Waals surface area contributed by atoms with Gasteiger partial charge in [0.1, 0.15) is 5.69 Å². The van der Waals surface area contributed by atoms with Gasteiger partial charge in [-0.2, -0.15) is 0 Å². The molecule has 3 heterocycles. The summed E-state index contributed by atoms with van der Waals surface area (Å²) in [5.74, 6) is 0.529. The Bertz CT molecular complexity index is 1460. The molecule has 1 saturated heterocycles. The molecule has 6 rings (SSSR count). The number of aryl methyl sites for hydroxylation is 1. The zero-order valence-electron chi connectivity index (χ0n) is 20.6. The standard InChI is InChI=1S/C28H28N4O4S/c1-17-7-6-8-19(15-17)24-23(30-26(37-24)18-12-13-18)27(33)32-14-5-4-9-20(32)16-29-28(34)35-25-21-10-2-3-11-22(21)36-31-25/h2-3,6-8,10-11,15,18,20H,4-5,9,12-14,16H2,1H3,(H,29,34)/t20-/m0/s1. The number of para-hydroxylation sites is 1. The SMILES string of the molecule is Cc1cccc(-c2sc(C3CC3)nc2C(=O)N2CCCC[C@H]2CNC(=O)Oc2noc3ccccc23)c1. The van der Waals surface area contributed by atoms with Gasteiger partial charge in [0.15, 0.2) is 5.58 Å². The van der Waals surface area contributed by atoms with E-state index in [-0.39, 0.29) is 17.8 Å². The molecule has 0 spiro atoms. The van der Waals surface area contributed by atoms with Gasteiger partial charge >= 0.3 is 6.09 Å². The van der Waals surface area contributed by atoms with Crippen LogP contribution in [-0.4, -0.2) is 46.2 Å². The minimum atomic E-state index is -0.623. The van der Waals surface area contributed by atoms with E-state index in [1.807, 2.05) is 29.2 Å². The second kappa shape index (κ2) is 9.97. The molecule has 8 nitrogen and oxygen atoms in total. The summed E-state index contributed by atoms with van der Waals surface area (Å²) < 4.78 is 10.6. The molecule has 2 amide bonds. The Morgan fingerprint density at radius 3 is 2.84 bits per heavy atom. The van der Waals surface area contributed by atoms with Crippen LogP contribution in [0.1, 0.15) is 59.1 Å². The number of thiazole rings is 1. The Labute approximate surface area is 218 Å². The van der Waals surface area contributed by atoms with Gasteiger partial charge in [0.25, 0.3) is 11.8 Å². The van der Waals surface area contributed by atoms with Crippen molar-refractivity contribution >= 4 is 34.3 Å². The molecule has 2 aromatic heterocycles. The van der Waals surface area contributed by atoms with E-state index in [0.717, 1.165) is 53.1 Å². The van der Waals surface area contributed by atoms with E-state index in [1.54, 1.807) is 23.5 Å². The topological polar surface area (TPSA) is 97.6 Å². The highest BCUT2D eigenvalue weighted by molar-refractivity contribution is 7.15. The van der Waals surface area contributed by atoms with Crippen molar-refractivity contribution in [1.29, 1.82) is 0 Å². The molecule has 2 aliphatic rings. The summed E-state index contributed by atoms with van der Waals surface area (Å²) in [6, 6.07) is 15.3. The molecule has 1 N–H and O–H groups in total. The molecule has 2 fully saturated rings. The third-order valence-corrected chi connectivity index (χ3v) is 8.22. The molecule has 0 bridgehead atoms. The molecule has 190 valence electrons. The average molecular weight is 517 g/mol. The largest absolute Gasteiger partial charge is 0.414 e. The van der Waals surface area contributed by atoms with E-state index in [9.17, 15) is 9.59 Å². The molecule has 1 saturated carbocycles. The summed E-state index contributed by atoms with van der Waals surface area (Å²) >= 11 is 1.64. The number of nitrogens with one attached hydrogen (secondary N) is 1. The van der Waals surface area contributed by atoms with Gasteiger partial charge in [-0.1, -0.05) is 42.0 Å². The summed E-state index contributed by atoms with van der Waals surface area (Å²) in [4.78, 5) is 34.1. The maximum absolute atomic E-state index is 13.9. The Kier molecular flexibility index (Phi) is 6.38. The zero-order chi connectivity index (χ0) is 25.4. The number of hydrogen-bond donors (Lipinski definition) is 1. The first kappa shape index (κ1) is 23.7. The lowest BCUT2D eigenvalue weighted by molar-refractivity contribution is 0.0607. The fraction of sp³-hybridized carbons (Fsp3) is 0.357. The summed E-state index contributed by atoms with van der Waals surface area (Å²) in [5.41, 5.74) is 3.26. The highest BCUT2D eigenvalue weighted by Crippen LogP contribution is 2.45. The molecule has 2 aromatic carbocycles. The first-order valence-electron chi connectivity index (χ1n) is 12.8. The van der Waals surface area contributed by atoms with Crippen molar-refractivity contribution in [1.82, 2.24) is 20.4 Å². The quantitative estimate of drug-likeness (QED) is 0.342. The average Bonchev–Trinajstić information content (AvgIpc) is 3.55. The van der Waals surface area contributed by atoms with Crippen LogP contribution in [0, 0.1) is 6.92 Å². The van der Waals surface area contributed by atoms with Crippen LogP contribution >= 0.6 is 11.3 Å². The van der Waals surface area contributed by atoms with Crippen LogP contribution in [-0.2, 0) is 0 Å². The van der Waals surface area contributed by atoms with E-state index in [1.165, 1.54) is 0 Å². The first-order chi connectivity index (χ1) is 18.1. The number of fused-ring (bicyclic) bond motifs is 1. The molecule has 0 radical (unpaired) electrons. The van der Waals surface area contributed by atoms with Crippen LogP contribution < -0.4 is 10.1 Å². The summed E-state index contributed by atoms with van der Waals surface area (Å²) in [7, 11) is 0. The number of benzene rings is 2. The van der Waals surface area contributed by atoms with Gasteiger partial charge < -0.3 is 19.5 Å². The van der Waals surface area contributed by atoms with Crippen LogP contribution in [0.25, 0.3) is 21.4 Å². The van der Waals surface area contributed by atoms with Crippen molar-refractivity contribution in [2.45, 2.75) is 51.0 Å². The number of amides is 2. The second-order valence-corrected chi connectivity index (χ2v) is 10.8. The van der Waals surface area contributed by atoms with Gasteiger partial charge in [-0.05, 0) is 61.9 Å². The van der Waals surface area contributed by atoms with Crippen molar-refractivity contribution in [3.63, 3.8) is 0 Å². The van der Waals surface area contributed by atoms with Crippen molar-refractivity contribution in [2.75, 3.05) is 13.1 Å². The van der Waals surface area contributed by atoms with Gasteiger partial charge in [0, 0.05) is 25.0 Å². The Morgan fingerprint density at radius 1 is 1.14 bits per heavy atom. The van der Waals surface area contributed by atoms with Crippen molar-refractivity contribution in [3.05, 3.63) is 64.8 Å². The molecular formula is C28H28N4O4S. The van der Waals surface area contributed by atoms with E-state index < -0.39 is 6.09 Å². The third-order valence-electron chi connectivity index (χ3n) is 6.96. The predicted molar refractivity (Wildman–Crippen MR) is 141 cm³/mol. The molecule has 1 atom stereocenters. The minimum Gasteiger partial charge on any atom is -0.387 e. The second-order valence-electron chi connectivity index (χ2n) is 9.78. The zero-order valence-corrected chi connectivity index (χ0v) is 21.4. The van der Waals surface area contributed by atoms with E-state index in [2.05, 4.69) is 29.5 Å². The minimum absolute atomic E-state index is 0.0676. The number of carbonyl (C=O) groups is 2. The van der Waals surface area contributed by atoms with Gasteiger partial charge in [-0.3, -0.25) is 4.79 Å². The molecule has 4 aromatic rings. The van der Waals surface area contributed by atoms with Gasteiger partial charge in [-0.15, -0.1) is 11.3 Å². The number of hydrogen-bond acceptors (Lipinski definition) is 7. The van der Waals surface area contributed by atoms with Crippen LogP contribution in [0.5, 0.6) is 5.88 Å². The molecule has 1 aliphatic carbocycles. The summed E-state index contributed by atoms with van der Waals surface area (Å²) in [5, 5.41) is 8.36. The van der Waals surface area contributed by atoms with Crippen LogP contribution in [0.15, 0.2) is 53.1 Å². The molecule has 9 heteroatoms. The number of aromatic nitrogens is 2. The maximum atomic E-state index is 13.9. The van der Waals surface area contributed by atoms with Gasteiger partial charge in [0.05, 0.1) is 15.3 Å². The number of rotatable bonds is 6. The fourth-order valence-electron chi connectivity index (χ4n) is 4.85. The molecule has 1 aliphatic heterocycles. The smallest absolute Gasteiger partial charge is 0.387 e. The maximum Gasteiger partial charge on any atom is 0.414 e.